The van der Waals surface area contributed by atoms with Crippen molar-refractivity contribution in [2.45, 2.75) is 18.9 Å². The van der Waals surface area contributed by atoms with E-state index in [1.54, 1.807) is 0 Å². The van der Waals surface area contributed by atoms with E-state index in [9.17, 15) is 23.2 Å². The van der Waals surface area contributed by atoms with Gasteiger partial charge in [-0.15, -0.1) is 0 Å². The lowest BCUT2D eigenvalue weighted by Crippen LogP contribution is -2.36. The van der Waals surface area contributed by atoms with Crippen LogP contribution in [0.3, 0.4) is 0 Å². The van der Waals surface area contributed by atoms with E-state index in [0.29, 0.717) is 13.0 Å². The number of hydrogen-bond acceptors (Lipinski definition) is 5. The Kier molecular flexibility index (Phi) is 6.19. The zero-order chi connectivity index (χ0) is 17.5. The fourth-order valence-corrected chi connectivity index (χ4v) is 2.00. The fraction of sp³-hybridized carbons (Fsp3) is 0.400. The Morgan fingerprint density at radius 2 is 2.00 bits per heavy atom. The molecule has 0 saturated carbocycles. The summed E-state index contributed by atoms with van der Waals surface area (Å²) in [5.74, 6) is -4.05. The summed E-state index contributed by atoms with van der Waals surface area (Å²) in [4.78, 5) is 34.6. The van der Waals surface area contributed by atoms with Crippen LogP contribution in [0.4, 0.5) is 14.5 Å². The van der Waals surface area contributed by atoms with Crippen molar-refractivity contribution in [3.63, 3.8) is 0 Å². The van der Waals surface area contributed by atoms with Crippen LogP contribution in [0.2, 0.25) is 0 Å². The van der Waals surface area contributed by atoms with Crippen molar-refractivity contribution in [3.05, 3.63) is 29.8 Å². The Bertz CT molecular complexity index is 632. The van der Waals surface area contributed by atoms with E-state index in [0.717, 1.165) is 18.6 Å². The maximum atomic E-state index is 13.0. The number of carbonyl (C=O) groups is 3. The third kappa shape index (κ3) is 5.27. The summed E-state index contributed by atoms with van der Waals surface area (Å²) < 4.78 is 35.6. The number of anilines is 1. The van der Waals surface area contributed by atoms with Gasteiger partial charge in [-0.3, -0.25) is 9.59 Å². The third-order valence-corrected chi connectivity index (χ3v) is 3.19. The molecule has 1 atom stereocenters. The van der Waals surface area contributed by atoms with Crippen molar-refractivity contribution in [2.75, 3.05) is 25.1 Å². The SMILES string of the molecule is O=C(COC(=O)[C@H]1CCCO1)NCC(=O)Nc1ccc(F)c(F)c1. The number of esters is 1. The van der Waals surface area contributed by atoms with Crippen LogP contribution in [-0.2, 0) is 23.9 Å². The van der Waals surface area contributed by atoms with E-state index in [1.807, 2.05) is 0 Å². The molecule has 7 nitrogen and oxygen atoms in total. The smallest absolute Gasteiger partial charge is 0.335 e. The first-order valence-electron chi connectivity index (χ1n) is 7.25. The molecule has 1 heterocycles. The average molecular weight is 342 g/mol. The molecule has 9 heteroatoms. The van der Waals surface area contributed by atoms with Gasteiger partial charge in [-0.05, 0) is 25.0 Å². The van der Waals surface area contributed by atoms with Gasteiger partial charge in [0.25, 0.3) is 5.91 Å². The standard InChI is InChI=1S/C15H16F2N2O5/c16-10-4-3-9(6-11(10)17)19-13(20)7-18-14(21)8-24-15(22)12-2-1-5-23-12/h3-4,6,12H,1-2,5,7-8H2,(H,18,21)(H,19,20)/t12-/m1/s1. The van der Waals surface area contributed by atoms with Crippen molar-refractivity contribution in [1.82, 2.24) is 5.32 Å². The van der Waals surface area contributed by atoms with Crippen molar-refractivity contribution in [1.29, 1.82) is 0 Å². The Balaban J connectivity index is 1.68. The van der Waals surface area contributed by atoms with Crippen molar-refractivity contribution in [3.8, 4) is 0 Å². The molecule has 2 amide bonds. The van der Waals surface area contributed by atoms with Crippen LogP contribution in [0.1, 0.15) is 12.8 Å². The summed E-state index contributed by atoms with van der Waals surface area (Å²) in [7, 11) is 0. The Labute approximate surface area is 136 Å². The summed E-state index contributed by atoms with van der Waals surface area (Å²) in [6, 6.07) is 2.87. The van der Waals surface area contributed by atoms with Gasteiger partial charge in [-0.1, -0.05) is 0 Å². The first kappa shape index (κ1) is 17.8. The molecule has 2 N–H and O–H groups in total. The molecule has 0 radical (unpaired) electrons. The zero-order valence-corrected chi connectivity index (χ0v) is 12.6. The minimum Gasteiger partial charge on any atom is -0.454 e. The maximum Gasteiger partial charge on any atom is 0.335 e. The second-order valence-electron chi connectivity index (χ2n) is 5.06. The summed E-state index contributed by atoms with van der Waals surface area (Å²) in [5, 5.41) is 4.52. The van der Waals surface area contributed by atoms with Crippen LogP contribution in [0.25, 0.3) is 0 Å². The molecule has 1 aromatic rings. The normalized spacial score (nSPS) is 16.5. The molecule has 130 valence electrons. The topological polar surface area (TPSA) is 93.7 Å². The van der Waals surface area contributed by atoms with Gasteiger partial charge in [-0.25, -0.2) is 13.6 Å². The van der Waals surface area contributed by atoms with Crippen LogP contribution in [-0.4, -0.2) is 43.6 Å². The second kappa shape index (κ2) is 8.34. The van der Waals surface area contributed by atoms with Gasteiger partial charge in [0.1, 0.15) is 0 Å². The van der Waals surface area contributed by atoms with Gasteiger partial charge in [0.15, 0.2) is 24.3 Å². The van der Waals surface area contributed by atoms with Crippen LogP contribution < -0.4 is 10.6 Å². The van der Waals surface area contributed by atoms with Gasteiger partial charge in [-0.2, -0.15) is 0 Å². The van der Waals surface area contributed by atoms with E-state index >= 15 is 0 Å². The number of halogens is 2. The predicted octanol–water partition coefficient (Wildman–Crippen LogP) is 0.742. The summed E-state index contributed by atoms with van der Waals surface area (Å²) >= 11 is 0. The molecule has 1 aromatic carbocycles. The first-order chi connectivity index (χ1) is 11.5. The minimum atomic E-state index is -1.10. The molecule has 0 aliphatic carbocycles. The van der Waals surface area contributed by atoms with Crippen LogP contribution in [0, 0.1) is 11.6 Å². The lowest BCUT2D eigenvalue weighted by atomic mass is 10.2. The first-order valence-corrected chi connectivity index (χ1v) is 7.25. The monoisotopic (exact) mass is 342 g/mol. The van der Waals surface area contributed by atoms with E-state index < -0.39 is 48.7 Å². The molecular weight excluding hydrogens is 326 g/mol. The lowest BCUT2D eigenvalue weighted by Gasteiger charge is -2.10. The maximum absolute atomic E-state index is 13.0. The fourth-order valence-electron chi connectivity index (χ4n) is 2.00. The number of nitrogens with one attached hydrogen (secondary N) is 2. The van der Waals surface area contributed by atoms with E-state index in [1.165, 1.54) is 6.07 Å². The summed E-state index contributed by atoms with van der Waals surface area (Å²) in [6.45, 7) is -0.456. The summed E-state index contributed by atoms with van der Waals surface area (Å²) in [6.07, 6.45) is 0.669. The molecule has 24 heavy (non-hydrogen) atoms. The lowest BCUT2D eigenvalue weighted by molar-refractivity contribution is -0.157. The molecule has 1 fully saturated rings. The quantitative estimate of drug-likeness (QED) is 0.744. The van der Waals surface area contributed by atoms with Gasteiger partial charge in [0, 0.05) is 18.4 Å². The van der Waals surface area contributed by atoms with Gasteiger partial charge in [0.05, 0.1) is 6.54 Å². The number of benzene rings is 1. The third-order valence-electron chi connectivity index (χ3n) is 3.19. The molecule has 1 aliphatic heterocycles. The molecule has 1 aliphatic rings. The molecule has 1 saturated heterocycles. The summed E-state index contributed by atoms with van der Waals surface area (Å²) in [5.41, 5.74) is 0.0537. The highest BCUT2D eigenvalue weighted by Gasteiger charge is 2.25. The Hall–Kier alpha value is -2.55. The highest BCUT2D eigenvalue weighted by Crippen LogP contribution is 2.13. The number of carbonyl (C=O) groups excluding carboxylic acids is 3. The molecule has 0 unspecified atom stereocenters. The Morgan fingerprint density at radius 3 is 2.67 bits per heavy atom. The highest BCUT2D eigenvalue weighted by molar-refractivity contribution is 5.94. The largest absolute Gasteiger partial charge is 0.454 e. The van der Waals surface area contributed by atoms with Crippen molar-refractivity contribution < 1.29 is 32.6 Å². The van der Waals surface area contributed by atoms with Gasteiger partial charge < -0.3 is 20.1 Å². The van der Waals surface area contributed by atoms with E-state index in [2.05, 4.69) is 10.6 Å². The van der Waals surface area contributed by atoms with Gasteiger partial charge in [0.2, 0.25) is 5.91 Å². The average Bonchev–Trinajstić information content (AvgIpc) is 3.08. The van der Waals surface area contributed by atoms with Crippen LogP contribution >= 0.6 is 0 Å². The van der Waals surface area contributed by atoms with E-state index in [-0.39, 0.29) is 5.69 Å². The van der Waals surface area contributed by atoms with E-state index in [4.69, 9.17) is 9.47 Å². The second-order valence-corrected chi connectivity index (χ2v) is 5.06. The molecule has 2 rings (SSSR count). The van der Waals surface area contributed by atoms with Crippen molar-refractivity contribution >= 4 is 23.5 Å². The number of amides is 2. The van der Waals surface area contributed by atoms with Crippen molar-refractivity contribution in [2.24, 2.45) is 0 Å². The molecular formula is C15H16F2N2O5. The van der Waals surface area contributed by atoms with Crippen LogP contribution in [0.15, 0.2) is 18.2 Å². The Morgan fingerprint density at radius 1 is 1.21 bits per heavy atom. The van der Waals surface area contributed by atoms with Crippen LogP contribution in [0.5, 0.6) is 0 Å². The minimum absolute atomic E-state index is 0.0537. The molecule has 0 spiro atoms. The number of hydrogen-bond donors (Lipinski definition) is 2. The number of ether oxygens (including phenoxy) is 2. The molecule has 0 aromatic heterocycles. The van der Waals surface area contributed by atoms with Gasteiger partial charge >= 0.3 is 5.97 Å². The molecule has 0 bridgehead atoms. The number of rotatable bonds is 6. The zero-order valence-electron chi connectivity index (χ0n) is 12.6. The highest BCUT2D eigenvalue weighted by atomic mass is 19.2. The predicted molar refractivity (Wildman–Crippen MR) is 77.9 cm³/mol.